The molecule has 3 nitrogen and oxygen atoms in total. The zero-order valence-corrected chi connectivity index (χ0v) is 16.4. The number of hydrogen-bond acceptors (Lipinski definition) is 3. The second-order valence-electron chi connectivity index (χ2n) is 6.29. The van der Waals surface area contributed by atoms with E-state index in [1.165, 1.54) is 48.5 Å². The van der Waals surface area contributed by atoms with Crippen molar-refractivity contribution in [2.75, 3.05) is 0 Å². The first-order valence-corrected chi connectivity index (χ1v) is 9.54. The second-order valence-corrected chi connectivity index (χ2v) is 7.34. The summed E-state index contributed by atoms with van der Waals surface area (Å²) in [5.41, 5.74) is 1.25. The Labute approximate surface area is 171 Å². The molecule has 148 valence electrons. The van der Waals surface area contributed by atoms with E-state index in [1.54, 1.807) is 0 Å². The summed E-state index contributed by atoms with van der Waals surface area (Å²) in [7, 11) is 0. The molecule has 0 aromatic heterocycles. The largest absolute Gasteiger partial charge is 0.290 e. The molecule has 2 aromatic rings. The molecule has 0 spiro atoms. The second kappa shape index (κ2) is 10.4. The van der Waals surface area contributed by atoms with Crippen molar-refractivity contribution in [1.82, 2.24) is 0 Å². The van der Waals surface area contributed by atoms with Crippen molar-refractivity contribution in [3.63, 3.8) is 0 Å². The van der Waals surface area contributed by atoms with Gasteiger partial charge < -0.3 is 0 Å². The van der Waals surface area contributed by atoms with Gasteiger partial charge in [0.05, 0.1) is 10.8 Å². The monoisotopic (exact) mass is 426 g/mol. The maximum Gasteiger partial charge on any atom is 0.264 e. The lowest BCUT2D eigenvalue weighted by molar-refractivity contribution is -0.144. The van der Waals surface area contributed by atoms with Gasteiger partial charge in [0.2, 0.25) is 11.6 Å². The molecule has 2 rings (SSSR count). The Morgan fingerprint density at radius 1 is 0.679 bits per heavy atom. The molecule has 7 heteroatoms. The molecule has 2 atom stereocenters. The number of Topliss-reactive ketones (excluding diaryl/α,β-unsaturated/α-hetero) is 3. The van der Waals surface area contributed by atoms with E-state index in [9.17, 15) is 23.2 Å². The van der Waals surface area contributed by atoms with Gasteiger partial charge in [0.1, 0.15) is 11.6 Å². The first-order chi connectivity index (χ1) is 13.3. The Morgan fingerprint density at radius 2 is 1.00 bits per heavy atom. The highest BCUT2D eigenvalue weighted by molar-refractivity contribution is 6.63. The van der Waals surface area contributed by atoms with Crippen molar-refractivity contribution in [2.45, 2.75) is 36.4 Å². The molecule has 0 fully saturated rings. The summed E-state index contributed by atoms with van der Waals surface area (Å²) in [6.45, 7) is 0. The van der Waals surface area contributed by atoms with Crippen molar-refractivity contribution in [2.24, 2.45) is 0 Å². The average Bonchev–Trinajstić information content (AvgIpc) is 2.70. The van der Waals surface area contributed by atoms with Gasteiger partial charge in [-0.2, -0.15) is 0 Å². The van der Waals surface area contributed by atoms with Gasteiger partial charge in [0, 0.05) is 12.8 Å². The first-order valence-electron chi connectivity index (χ1n) is 8.67. The summed E-state index contributed by atoms with van der Waals surface area (Å²) in [5, 5.41) is -1.14. The molecule has 0 saturated heterocycles. The SMILES string of the molecule is O=C(CCC(Cl)c1ccc(F)cc1)C(=O)C(=O)CCC(Cl)c1ccc(F)cc1. The Kier molecular flexibility index (Phi) is 8.27. The summed E-state index contributed by atoms with van der Waals surface area (Å²) < 4.78 is 25.8. The van der Waals surface area contributed by atoms with E-state index in [0.29, 0.717) is 11.1 Å². The van der Waals surface area contributed by atoms with Crippen LogP contribution in [-0.4, -0.2) is 17.3 Å². The molecule has 0 heterocycles. The minimum atomic E-state index is -1.08. The fraction of sp³-hybridized carbons (Fsp3) is 0.286. The molecular weight excluding hydrogens is 409 g/mol. The smallest absolute Gasteiger partial charge is 0.264 e. The van der Waals surface area contributed by atoms with Gasteiger partial charge in [-0.25, -0.2) is 8.78 Å². The predicted octanol–water partition coefficient (Wildman–Crippen LogP) is 5.49. The van der Waals surface area contributed by atoms with E-state index in [-0.39, 0.29) is 25.7 Å². The predicted molar refractivity (Wildman–Crippen MR) is 103 cm³/mol. The summed E-state index contributed by atoms with van der Waals surface area (Å²) >= 11 is 12.3. The lowest BCUT2D eigenvalue weighted by Crippen LogP contribution is -2.24. The molecule has 0 radical (unpaired) electrons. The van der Waals surface area contributed by atoms with Crippen LogP contribution in [-0.2, 0) is 14.4 Å². The van der Waals surface area contributed by atoms with Crippen molar-refractivity contribution in [3.05, 3.63) is 71.3 Å². The fourth-order valence-corrected chi connectivity index (χ4v) is 3.08. The summed E-state index contributed by atoms with van der Waals surface area (Å²) in [5.74, 6) is -3.51. The van der Waals surface area contributed by atoms with E-state index in [0.717, 1.165) is 0 Å². The molecular formula is C21H18Cl2F2O3. The van der Waals surface area contributed by atoms with E-state index in [4.69, 9.17) is 23.2 Å². The number of halogens is 4. The Bertz CT molecular complexity index is 766. The first kappa shape index (κ1) is 22.2. The van der Waals surface area contributed by atoms with Gasteiger partial charge in [0.25, 0.3) is 5.78 Å². The van der Waals surface area contributed by atoms with Gasteiger partial charge >= 0.3 is 0 Å². The maximum absolute atomic E-state index is 12.9. The zero-order valence-electron chi connectivity index (χ0n) is 14.8. The van der Waals surface area contributed by atoms with Crippen LogP contribution in [0.4, 0.5) is 8.78 Å². The minimum absolute atomic E-state index is 0.152. The Balaban J connectivity index is 1.79. The number of carbonyl (C=O) groups is 3. The highest BCUT2D eigenvalue weighted by atomic mass is 35.5. The van der Waals surface area contributed by atoms with Crippen molar-refractivity contribution < 1.29 is 23.2 Å². The molecule has 0 amide bonds. The molecule has 0 aliphatic rings. The van der Waals surface area contributed by atoms with Gasteiger partial charge in [-0.3, -0.25) is 14.4 Å². The van der Waals surface area contributed by atoms with Crippen LogP contribution in [0.25, 0.3) is 0 Å². The number of benzene rings is 2. The summed E-state index contributed by atoms with van der Waals surface area (Å²) in [6, 6.07) is 11.0. The van der Waals surface area contributed by atoms with Gasteiger partial charge in [-0.15, -0.1) is 23.2 Å². The molecule has 0 saturated carbocycles. The third-order valence-corrected chi connectivity index (χ3v) is 5.16. The third kappa shape index (κ3) is 6.50. The zero-order chi connectivity index (χ0) is 20.7. The normalized spacial score (nSPS) is 13.0. The molecule has 0 aliphatic carbocycles. The van der Waals surface area contributed by atoms with Crippen LogP contribution < -0.4 is 0 Å². The summed E-state index contributed by atoms with van der Waals surface area (Å²) in [4.78, 5) is 35.9. The van der Waals surface area contributed by atoms with Gasteiger partial charge in [-0.05, 0) is 48.2 Å². The van der Waals surface area contributed by atoms with Crippen LogP contribution in [0, 0.1) is 11.6 Å². The minimum Gasteiger partial charge on any atom is -0.290 e. The molecule has 2 unspecified atom stereocenters. The van der Waals surface area contributed by atoms with E-state index in [2.05, 4.69) is 0 Å². The lowest BCUT2D eigenvalue weighted by atomic mass is 10.00. The molecule has 0 bridgehead atoms. The Hall–Kier alpha value is -2.11. The lowest BCUT2D eigenvalue weighted by Gasteiger charge is -2.10. The molecule has 28 heavy (non-hydrogen) atoms. The van der Waals surface area contributed by atoms with Crippen molar-refractivity contribution in [1.29, 1.82) is 0 Å². The van der Waals surface area contributed by atoms with Crippen molar-refractivity contribution >= 4 is 40.6 Å². The summed E-state index contributed by atoms with van der Waals surface area (Å²) in [6.07, 6.45) is -0.0612. The van der Waals surface area contributed by atoms with E-state index in [1.807, 2.05) is 0 Å². The van der Waals surface area contributed by atoms with Crippen LogP contribution in [0.3, 0.4) is 0 Å². The number of hydrogen-bond donors (Lipinski definition) is 0. The number of ketones is 3. The molecule has 2 aromatic carbocycles. The van der Waals surface area contributed by atoms with Gasteiger partial charge in [0.15, 0.2) is 0 Å². The standard InChI is InChI=1S/C21H18Cl2F2O3/c22-17(13-1-5-15(24)6-2-13)9-11-19(26)21(28)20(27)12-10-18(23)14-3-7-16(25)8-4-14/h1-8,17-18H,9-12H2. The van der Waals surface area contributed by atoms with Crippen LogP contribution in [0.2, 0.25) is 0 Å². The maximum atomic E-state index is 12.9. The van der Waals surface area contributed by atoms with Crippen molar-refractivity contribution in [3.8, 4) is 0 Å². The van der Waals surface area contributed by atoms with Crippen LogP contribution in [0.1, 0.15) is 47.6 Å². The van der Waals surface area contributed by atoms with Crippen LogP contribution in [0.15, 0.2) is 48.5 Å². The van der Waals surface area contributed by atoms with Crippen LogP contribution in [0.5, 0.6) is 0 Å². The van der Waals surface area contributed by atoms with E-state index >= 15 is 0 Å². The van der Waals surface area contributed by atoms with E-state index < -0.39 is 39.7 Å². The highest BCUT2D eigenvalue weighted by Crippen LogP contribution is 2.27. The van der Waals surface area contributed by atoms with Crippen LogP contribution >= 0.6 is 23.2 Å². The fourth-order valence-electron chi connectivity index (χ4n) is 2.57. The number of carbonyl (C=O) groups excluding carboxylic acids is 3. The Morgan fingerprint density at radius 3 is 1.32 bits per heavy atom. The molecule has 0 aliphatic heterocycles. The average molecular weight is 427 g/mol. The van der Waals surface area contributed by atoms with Gasteiger partial charge in [-0.1, -0.05) is 24.3 Å². The number of rotatable bonds is 10. The topological polar surface area (TPSA) is 51.2 Å². The third-order valence-electron chi connectivity index (χ3n) is 4.22. The quantitative estimate of drug-likeness (QED) is 0.286. The molecule has 0 N–H and O–H groups in total. The highest BCUT2D eigenvalue weighted by Gasteiger charge is 2.24. The number of alkyl halides is 2.